The van der Waals surface area contributed by atoms with Gasteiger partial charge in [0.25, 0.3) is 0 Å². The molecule has 0 aromatic heterocycles. The van der Waals surface area contributed by atoms with Crippen LogP contribution in [0.3, 0.4) is 0 Å². The zero-order chi connectivity index (χ0) is 34.2. The molecular formula is C32H23N. The van der Waals surface area contributed by atoms with E-state index in [-0.39, 0.29) is 50.8 Å². The van der Waals surface area contributed by atoms with Crippen molar-refractivity contribution in [1.82, 2.24) is 0 Å². The number of anilines is 2. The number of hydrogen-bond donors (Lipinski definition) is 1. The van der Waals surface area contributed by atoms with Crippen LogP contribution in [0.5, 0.6) is 0 Å². The molecule has 0 saturated carbocycles. The Morgan fingerprint density at radius 2 is 1.06 bits per heavy atom. The van der Waals surface area contributed by atoms with Crippen LogP contribution in [0.2, 0.25) is 0 Å². The third-order valence-corrected chi connectivity index (χ3v) is 5.20. The van der Waals surface area contributed by atoms with E-state index in [9.17, 15) is 0 Å². The zero-order valence-corrected chi connectivity index (χ0v) is 17.1. The van der Waals surface area contributed by atoms with E-state index in [2.05, 4.69) is 5.32 Å². The Labute approximate surface area is 213 Å². The van der Waals surface area contributed by atoms with E-state index < -0.39 is 66.5 Å². The van der Waals surface area contributed by atoms with Gasteiger partial charge in [-0.05, 0) is 74.1 Å². The Hall–Kier alpha value is -4.36. The second-order valence-electron chi connectivity index (χ2n) is 7.28. The number of benzene rings is 6. The van der Waals surface area contributed by atoms with Gasteiger partial charge in [0.2, 0.25) is 0 Å². The van der Waals surface area contributed by atoms with E-state index in [1.807, 2.05) is 0 Å². The van der Waals surface area contributed by atoms with Gasteiger partial charge in [-0.15, -0.1) is 0 Å². The Morgan fingerprint density at radius 1 is 0.455 bits per heavy atom. The first-order chi connectivity index (χ1) is 22.2. The summed E-state index contributed by atoms with van der Waals surface area (Å²) >= 11 is 0. The SMILES string of the molecule is [2H]c1c([2H])c([2H])c2c([2H])c(-c3ccc(Nc4ccc(-c5c([2H])c([2H])c([2H])c6c([2H])c([2H])c([2H])c([2H])c56)cc4)cc3)c([2H])c([2H])c2c1[2H]. The number of nitrogens with one attached hydrogen (secondary N) is 1. The van der Waals surface area contributed by atoms with Crippen molar-refractivity contribution in [2.75, 3.05) is 5.32 Å². The summed E-state index contributed by atoms with van der Waals surface area (Å²) in [6.45, 7) is 0. The first kappa shape index (κ1) is 9.64. The minimum Gasteiger partial charge on any atom is -0.356 e. The van der Waals surface area contributed by atoms with Crippen LogP contribution in [0, 0.1) is 0 Å². The largest absolute Gasteiger partial charge is 0.356 e. The summed E-state index contributed by atoms with van der Waals surface area (Å²) < 4.78 is 116. The molecule has 6 rings (SSSR count). The van der Waals surface area contributed by atoms with Crippen molar-refractivity contribution in [2.45, 2.75) is 0 Å². The maximum absolute atomic E-state index is 8.74. The molecule has 6 aromatic rings. The Morgan fingerprint density at radius 3 is 1.82 bits per heavy atom. The minimum absolute atomic E-state index is 0.000854. The quantitative estimate of drug-likeness (QED) is 0.291. The monoisotopic (exact) mass is 435 g/mol. The lowest BCUT2D eigenvalue weighted by atomic mass is 9.98. The highest BCUT2D eigenvalue weighted by Crippen LogP contribution is 2.30. The average Bonchev–Trinajstić information content (AvgIpc) is 3.06. The van der Waals surface area contributed by atoms with E-state index in [1.54, 1.807) is 48.5 Å². The molecule has 0 spiro atoms. The first-order valence-electron chi connectivity index (χ1n) is 17.1. The smallest absolute Gasteiger partial charge is 0.0636 e. The van der Waals surface area contributed by atoms with Crippen LogP contribution in [0.15, 0.2) is 133 Å². The van der Waals surface area contributed by atoms with Crippen LogP contribution < -0.4 is 5.32 Å². The Bertz CT molecular complexity index is 2290. The molecule has 0 aliphatic heterocycles. The van der Waals surface area contributed by atoms with Gasteiger partial charge in [0.05, 0.1) is 19.2 Å². The molecule has 0 fully saturated rings. The van der Waals surface area contributed by atoms with Gasteiger partial charge in [-0.2, -0.15) is 0 Å². The zero-order valence-electron chi connectivity index (χ0n) is 31.1. The Kier molecular flexibility index (Phi) is 2.42. The fourth-order valence-corrected chi connectivity index (χ4v) is 3.56. The lowest BCUT2D eigenvalue weighted by Crippen LogP contribution is -1.90. The topological polar surface area (TPSA) is 12.0 Å². The lowest BCUT2D eigenvalue weighted by molar-refractivity contribution is 1.54. The minimum atomic E-state index is -0.528. The highest BCUT2D eigenvalue weighted by atomic mass is 14.9. The molecule has 0 aliphatic rings. The molecule has 0 bridgehead atoms. The first-order valence-corrected chi connectivity index (χ1v) is 10.1. The van der Waals surface area contributed by atoms with Gasteiger partial charge < -0.3 is 5.32 Å². The molecule has 1 N–H and O–H groups in total. The van der Waals surface area contributed by atoms with E-state index in [1.165, 1.54) is 0 Å². The van der Waals surface area contributed by atoms with Crippen molar-refractivity contribution < 1.29 is 19.2 Å². The molecule has 0 radical (unpaired) electrons. The highest BCUT2D eigenvalue weighted by molar-refractivity contribution is 5.96. The van der Waals surface area contributed by atoms with Gasteiger partial charge in [-0.1, -0.05) is 103 Å². The van der Waals surface area contributed by atoms with Gasteiger partial charge in [-0.25, -0.2) is 0 Å². The molecule has 33 heavy (non-hydrogen) atoms. The van der Waals surface area contributed by atoms with Crippen molar-refractivity contribution in [3.63, 3.8) is 0 Å². The standard InChI is InChI=1S/C32H23N/c1-2-8-27-22-28(13-12-23(27)6-1)24-14-18-29(19-15-24)33-30-20-16-26(17-21-30)32-11-5-9-25-7-3-4-10-31(25)32/h1-22,33H/i1D,2D,3D,4D,5D,6D,7D,8D,9D,10D,11D,12D,13D,22D. The summed E-state index contributed by atoms with van der Waals surface area (Å²) in [6.07, 6.45) is 0. The molecule has 0 unspecified atom stereocenters. The van der Waals surface area contributed by atoms with E-state index in [4.69, 9.17) is 19.2 Å². The van der Waals surface area contributed by atoms with E-state index >= 15 is 0 Å². The predicted molar refractivity (Wildman–Crippen MR) is 142 cm³/mol. The van der Waals surface area contributed by atoms with Crippen LogP contribution in [-0.4, -0.2) is 0 Å². The average molecular weight is 436 g/mol. The molecule has 6 aromatic carbocycles. The summed E-state index contributed by atoms with van der Waals surface area (Å²) in [5.41, 5.74) is 2.24. The number of hydrogen-bond acceptors (Lipinski definition) is 1. The van der Waals surface area contributed by atoms with Crippen LogP contribution in [-0.2, 0) is 0 Å². The summed E-state index contributed by atoms with van der Waals surface area (Å²) in [4.78, 5) is 0. The summed E-state index contributed by atoms with van der Waals surface area (Å²) in [5.74, 6) is 0. The third-order valence-electron chi connectivity index (χ3n) is 5.20. The molecule has 0 heterocycles. The van der Waals surface area contributed by atoms with E-state index in [0.717, 1.165) is 0 Å². The summed E-state index contributed by atoms with van der Waals surface area (Å²) in [7, 11) is 0. The fourth-order valence-electron chi connectivity index (χ4n) is 3.56. The molecule has 1 nitrogen and oxygen atoms in total. The summed E-state index contributed by atoms with van der Waals surface area (Å²) in [5, 5.41) is 2.79. The third kappa shape index (κ3) is 3.86. The van der Waals surface area contributed by atoms with Gasteiger partial charge in [0.15, 0.2) is 0 Å². The van der Waals surface area contributed by atoms with Crippen molar-refractivity contribution in [3.05, 3.63) is 133 Å². The number of rotatable bonds is 4. The fraction of sp³-hybridized carbons (Fsp3) is 0. The summed E-state index contributed by atoms with van der Waals surface area (Å²) in [6, 6.07) is 7.26. The van der Waals surface area contributed by atoms with Crippen molar-refractivity contribution in [3.8, 4) is 22.3 Å². The van der Waals surface area contributed by atoms with Crippen molar-refractivity contribution in [2.24, 2.45) is 0 Å². The lowest BCUT2D eigenvalue weighted by Gasteiger charge is -2.11. The molecule has 156 valence electrons. The van der Waals surface area contributed by atoms with Crippen LogP contribution in [0.4, 0.5) is 11.4 Å². The molecule has 1 heteroatoms. The van der Waals surface area contributed by atoms with Gasteiger partial charge in [0.1, 0.15) is 0 Å². The molecular weight excluding hydrogens is 398 g/mol. The maximum atomic E-state index is 8.74. The number of fused-ring (bicyclic) bond motifs is 2. The molecule has 0 atom stereocenters. The van der Waals surface area contributed by atoms with Crippen LogP contribution in [0.1, 0.15) is 19.2 Å². The Balaban J connectivity index is 1.36. The van der Waals surface area contributed by atoms with Crippen LogP contribution in [0.25, 0.3) is 43.8 Å². The van der Waals surface area contributed by atoms with Crippen LogP contribution >= 0.6 is 0 Å². The second kappa shape index (κ2) is 8.29. The van der Waals surface area contributed by atoms with Gasteiger partial charge in [-0.3, -0.25) is 0 Å². The van der Waals surface area contributed by atoms with Crippen molar-refractivity contribution in [1.29, 1.82) is 0 Å². The molecule has 0 amide bonds. The van der Waals surface area contributed by atoms with Crippen molar-refractivity contribution >= 4 is 32.9 Å². The predicted octanol–water partition coefficient (Wildman–Crippen LogP) is 9.07. The molecule has 0 saturated heterocycles. The van der Waals surface area contributed by atoms with E-state index in [0.29, 0.717) is 22.5 Å². The normalized spacial score (nSPS) is 17.0. The second-order valence-corrected chi connectivity index (χ2v) is 7.28. The van der Waals surface area contributed by atoms with Gasteiger partial charge >= 0.3 is 0 Å². The maximum Gasteiger partial charge on any atom is 0.0636 e. The highest BCUT2D eigenvalue weighted by Gasteiger charge is 2.04. The molecule has 0 aliphatic carbocycles. The van der Waals surface area contributed by atoms with Gasteiger partial charge in [0, 0.05) is 11.4 Å².